The fourth-order valence-electron chi connectivity index (χ4n) is 2.77. The van der Waals surface area contributed by atoms with Gasteiger partial charge in [0.1, 0.15) is 0 Å². The van der Waals surface area contributed by atoms with Crippen LogP contribution in [0.2, 0.25) is 0 Å². The number of likely N-dealkylation sites (N-methyl/N-ethyl adjacent to an activating group) is 1. The maximum atomic E-state index is 12.1. The van der Waals surface area contributed by atoms with Crippen LogP contribution in [0, 0.1) is 17.0 Å². The molecule has 0 fully saturated rings. The monoisotopic (exact) mass is 341 g/mol. The van der Waals surface area contributed by atoms with Crippen molar-refractivity contribution in [1.82, 2.24) is 5.32 Å². The van der Waals surface area contributed by atoms with Gasteiger partial charge >= 0.3 is 0 Å². The van der Waals surface area contributed by atoms with E-state index in [1.54, 1.807) is 18.2 Å². The van der Waals surface area contributed by atoms with Crippen molar-refractivity contribution >= 4 is 17.3 Å². The zero-order valence-corrected chi connectivity index (χ0v) is 14.6. The average Bonchev–Trinajstić information content (AvgIpc) is 2.60. The normalized spacial score (nSPS) is 10.3. The Labute approximate surface area is 147 Å². The Morgan fingerprint density at radius 3 is 2.52 bits per heavy atom. The van der Waals surface area contributed by atoms with E-state index in [0.717, 1.165) is 12.2 Å². The van der Waals surface area contributed by atoms with E-state index in [-0.39, 0.29) is 18.0 Å². The highest BCUT2D eigenvalue weighted by Gasteiger charge is 2.15. The summed E-state index contributed by atoms with van der Waals surface area (Å²) in [7, 11) is 0. The molecule has 2 aromatic carbocycles. The summed E-state index contributed by atoms with van der Waals surface area (Å²) in [5.41, 5.74) is 2.75. The number of aryl methyl sites for hydroxylation is 1. The van der Waals surface area contributed by atoms with Crippen LogP contribution in [0.4, 0.5) is 11.4 Å². The lowest BCUT2D eigenvalue weighted by molar-refractivity contribution is -0.385. The van der Waals surface area contributed by atoms with Gasteiger partial charge in [0.05, 0.1) is 11.3 Å². The molecule has 0 saturated heterocycles. The molecule has 25 heavy (non-hydrogen) atoms. The number of benzene rings is 2. The highest BCUT2D eigenvalue weighted by molar-refractivity contribution is 5.79. The molecule has 0 spiro atoms. The topological polar surface area (TPSA) is 75.5 Å². The second-order valence-corrected chi connectivity index (χ2v) is 5.78. The molecule has 0 saturated carbocycles. The summed E-state index contributed by atoms with van der Waals surface area (Å²) in [6.45, 7) is 6.14. The van der Waals surface area contributed by atoms with Crippen molar-refractivity contribution in [1.29, 1.82) is 0 Å². The number of para-hydroxylation sites is 2. The van der Waals surface area contributed by atoms with Gasteiger partial charge < -0.3 is 10.2 Å². The molecular formula is C19H23N3O3. The summed E-state index contributed by atoms with van der Waals surface area (Å²) in [6.07, 6.45) is 0.00758. The summed E-state index contributed by atoms with van der Waals surface area (Å²) in [6, 6.07) is 14.5. The van der Waals surface area contributed by atoms with Crippen molar-refractivity contribution in [3.63, 3.8) is 0 Å². The van der Waals surface area contributed by atoms with Crippen LogP contribution in [0.5, 0.6) is 0 Å². The lowest BCUT2D eigenvalue weighted by Crippen LogP contribution is -2.35. The second-order valence-electron chi connectivity index (χ2n) is 5.78. The number of nitrogens with zero attached hydrogens (tertiary/aromatic N) is 2. The van der Waals surface area contributed by atoms with Gasteiger partial charge in [0.15, 0.2) is 0 Å². The molecule has 1 N–H and O–H groups in total. The van der Waals surface area contributed by atoms with E-state index >= 15 is 0 Å². The van der Waals surface area contributed by atoms with Crippen molar-refractivity contribution < 1.29 is 9.72 Å². The number of carbonyl (C=O) groups excluding carboxylic acids is 1. The highest BCUT2D eigenvalue weighted by Crippen LogP contribution is 2.19. The lowest BCUT2D eigenvalue weighted by Gasteiger charge is -2.25. The number of anilines is 1. The minimum atomic E-state index is -0.459. The summed E-state index contributed by atoms with van der Waals surface area (Å²) < 4.78 is 0. The van der Waals surface area contributed by atoms with Crippen LogP contribution in [0.3, 0.4) is 0 Å². The largest absolute Gasteiger partial charge is 0.370 e. The van der Waals surface area contributed by atoms with Crippen LogP contribution < -0.4 is 10.2 Å². The van der Waals surface area contributed by atoms with Crippen molar-refractivity contribution in [3.05, 3.63) is 69.8 Å². The summed E-state index contributed by atoms with van der Waals surface area (Å²) in [5.74, 6) is -0.213. The molecule has 2 rings (SSSR count). The highest BCUT2D eigenvalue weighted by atomic mass is 16.6. The van der Waals surface area contributed by atoms with Gasteiger partial charge in [-0.2, -0.15) is 0 Å². The number of carbonyl (C=O) groups is 1. The first-order valence-electron chi connectivity index (χ1n) is 8.32. The number of hydrogen-bond acceptors (Lipinski definition) is 4. The molecule has 0 aromatic heterocycles. The predicted octanol–water partition coefficient (Wildman–Crippen LogP) is 3.09. The minimum Gasteiger partial charge on any atom is -0.370 e. The van der Waals surface area contributed by atoms with Gasteiger partial charge in [0.2, 0.25) is 5.91 Å². The number of nitro benzene ring substituents is 1. The van der Waals surface area contributed by atoms with Crippen LogP contribution in [0.1, 0.15) is 18.1 Å². The lowest BCUT2D eigenvalue weighted by atomic mass is 10.1. The quantitative estimate of drug-likeness (QED) is 0.591. The van der Waals surface area contributed by atoms with E-state index in [0.29, 0.717) is 18.7 Å². The summed E-state index contributed by atoms with van der Waals surface area (Å²) >= 11 is 0. The fourth-order valence-corrected chi connectivity index (χ4v) is 2.77. The van der Waals surface area contributed by atoms with Crippen LogP contribution in [-0.4, -0.2) is 30.5 Å². The Hall–Kier alpha value is -2.89. The molecule has 132 valence electrons. The Morgan fingerprint density at radius 1 is 1.16 bits per heavy atom. The van der Waals surface area contributed by atoms with Gasteiger partial charge in [0, 0.05) is 37.0 Å². The van der Waals surface area contributed by atoms with E-state index in [4.69, 9.17) is 0 Å². The predicted molar refractivity (Wildman–Crippen MR) is 98.9 cm³/mol. The SMILES string of the molecule is CCN(CCNC(=O)Cc1ccccc1[N+](=O)[O-])c1ccccc1C. The molecule has 0 aliphatic rings. The van der Waals surface area contributed by atoms with Gasteiger partial charge in [-0.25, -0.2) is 0 Å². The molecule has 0 unspecified atom stereocenters. The smallest absolute Gasteiger partial charge is 0.273 e. The zero-order chi connectivity index (χ0) is 18.2. The Kier molecular flexibility index (Phi) is 6.51. The standard InChI is InChI=1S/C19H23N3O3/c1-3-21(17-10-6-4-8-15(17)2)13-12-20-19(23)14-16-9-5-7-11-18(16)22(24)25/h4-11H,3,12-14H2,1-2H3,(H,20,23). The van der Waals surface area contributed by atoms with Gasteiger partial charge in [-0.3, -0.25) is 14.9 Å². The molecular weight excluding hydrogens is 318 g/mol. The Morgan fingerprint density at radius 2 is 1.84 bits per heavy atom. The third-order valence-corrected chi connectivity index (χ3v) is 4.08. The molecule has 0 bridgehead atoms. The van der Waals surface area contributed by atoms with Crippen LogP contribution >= 0.6 is 0 Å². The number of hydrogen-bond donors (Lipinski definition) is 1. The number of nitro groups is 1. The van der Waals surface area contributed by atoms with Crippen molar-refractivity contribution in [2.75, 3.05) is 24.5 Å². The number of rotatable bonds is 8. The van der Waals surface area contributed by atoms with Crippen molar-refractivity contribution in [3.8, 4) is 0 Å². The van der Waals surface area contributed by atoms with E-state index in [2.05, 4.69) is 36.2 Å². The summed E-state index contributed by atoms with van der Waals surface area (Å²) in [4.78, 5) is 24.8. The molecule has 0 atom stereocenters. The fraction of sp³-hybridized carbons (Fsp3) is 0.316. The first kappa shape index (κ1) is 18.4. The van der Waals surface area contributed by atoms with Gasteiger partial charge in [-0.15, -0.1) is 0 Å². The van der Waals surface area contributed by atoms with Crippen LogP contribution in [0.25, 0.3) is 0 Å². The Bertz CT molecular complexity index is 746. The van der Waals surface area contributed by atoms with Crippen molar-refractivity contribution in [2.24, 2.45) is 0 Å². The van der Waals surface area contributed by atoms with Crippen LogP contribution in [-0.2, 0) is 11.2 Å². The average molecular weight is 341 g/mol. The van der Waals surface area contributed by atoms with Crippen LogP contribution in [0.15, 0.2) is 48.5 Å². The second kappa shape index (κ2) is 8.82. The molecule has 0 aliphatic heterocycles. The molecule has 1 amide bonds. The van der Waals surface area contributed by atoms with E-state index in [1.165, 1.54) is 11.6 Å². The van der Waals surface area contributed by atoms with E-state index in [9.17, 15) is 14.9 Å². The third kappa shape index (κ3) is 5.04. The molecule has 0 aliphatic carbocycles. The van der Waals surface area contributed by atoms with Crippen molar-refractivity contribution in [2.45, 2.75) is 20.3 Å². The van der Waals surface area contributed by atoms with Gasteiger partial charge in [-0.05, 0) is 25.5 Å². The Balaban J connectivity index is 1.90. The molecule has 6 heteroatoms. The maximum Gasteiger partial charge on any atom is 0.273 e. The zero-order valence-electron chi connectivity index (χ0n) is 14.6. The first-order valence-corrected chi connectivity index (χ1v) is 8.32. The molecule has 0 heterocycles. The number of amides is 1. The maximum absolute atomic E-state index is 12.1. The van der Waals surface area contributed by atoms with E-state index < -0.39 is 4.92 Å². The minimum absolute atomic E-state index is 0.00758. The first-order chi connectivity index (χ1) is 12.0. The molecule has 6 nitrogen and oxygen atoms in total. The van der Waals surface area contributed by atoms with Gasteiger partial charge in [-0.1, -0.05) is 36.4 Å². The molecule has 2 aromatic rings. The van der Waals surface area contributed by atoms with E-state index in [1.807, 2.05) is 12.1 Å². The molecule has 0 radical (unpaired) electrons. The third-order valence-electron chi connectivity index (χ3n) is 4.08. The number of nitrogens with one attached hydrogen (secondary N) is 1. The van der Waals surface area contributed by atoms with Gasteiger partial charge in [0.25, 0.3) is 5.69 Å². The summed E-state index contributed by atoms with van der Waals surface area (Å²) in [5, 5.41) is 13.8.